The number of hydrogen-bond acceptors (Lipinski definition) is 6. The molecular formula is C20H20N4O3S. The molecule has 0 aliphatic carbocycles. The Labute approximate surface area is 166 Å². The summed E-state index contributed by atoms with van der Waals surface area (Å²) in [5, 5.41) is 17.5. The molecule has 0 fully saturated rings. The lowest BCUT2D eigenvalue weighted by Gasteiger charge is -2.17. The van der Waals surface area contributed by atoms with Crippen molar-refractivity contribution in [2.45, 2.75) is 19.1 Å². The minimum Gasteiger partial charge on any atom is -0.504 e. The zero-order valence-corrected chi connectivity index (χ0v) is 16.4. The van der Waals surface area contributed by atoms with Crippen molar-refractivity contribution < 1.29 is 14.6 Å². The second kappa shape index (κ2) is 7.55. The lowest BCUT2D eigenvalue weighted by atomic mass is 10.0. The van der Waals surface area contributed by atoms with Crippen molar-refractivity contribution in [2.24, 2.45) is 0 Å². The summed E-state index contributed by atoms with van der Waals surface area (Å²) >= 11 is 1.52. The molecule has 1 aliphatic rings. The highest BCUT2D eigenvalue weighted by molar-refractivity contribution is 8.00. The summed E-state index contributed by atoms with van der Waals surface area (Å²) in [7, 11) is 0. The van der Waals surface area contributed by atoms with Crippen molar-refractivity contribution in [1.29, 1.82) is 0 Å². The standard InChI is InChI=1S/C20H20N4O3S/c1-3-27-15-10-13(7-8-14(15)25)19-18-12(2)23-24(16-6-4-5-9-21-16)20(18)22-17(26)11-28-19/h4-10,19,25H,3,11H2,1-2H3,(H,22,26)/t19-/m0/s1. The molecule has 0 unspecified atom stereocenters. The number of amides is 1. The molecule has 0 bridgehead atoms. The molecule has 0 saturated carbocycles. The van der Waals surface area contributed by atoms with Crippen LogP contribution in [0.3, 0.4) is 0 Å². The van der Waals surface area contributed by atoms with Crippen LogP contribution in [0.15, 0.2) is 42.6 Å². The average Bonchev–Trinajstić information content (AvgIpc) is 2.90. The number of phenolic OH excluding ortho intramolecular Hbond substituents is 1. The number of anilines is 1. The van der Waals surface area contributed by atoms with Gasteiger partial charge in [0.25, 0.3) is 0 Å². The van der Waals surface area contributed by atoms with Crippen LogP contribution in [0.5, 0.6) is 11.5 Å². The van der Waals surface area contributed by atoms with Crippen LogP contribution >= 0.6 is 11.8 Å². The number of aryl methyl sites for hydroxylation is 1. The lowest BCUT2D eigenvalue weighted by molar-refractivity contribution is -0.113. The minimum atomic E-state index is -0.133. The lowest BCUT2D eigenvalue weighted by Crippen LogP contribution is -2.16. The topological polar surface area (TPSA) is 89.3 Å². The quantitative estimate of drug-likeness (QED) is 0.702. The van der Waals surface area contributed by atoms with Gasteiger partial charge in [0.1, 0.15) is 5.82 Å². The fourth-order valence-electron chi connectivity index (χ4n) is 3.26. The van der Waals surface area contributed by atoms with Gasteiger partial charge in [-0.15, -0.1) is 11.8 Å². The first-order chi connectivity index (χ1) is 13.6. The van der Waals surface area contributed by atoms with Crippen LogP contribution in [0.25, 0.3) is 5.82 Å². The molecule has 3 aromatic rings. The van der Waals surface area contributed by atoms with Crippen molar-refractivity contribution in [2.75, 3.05) is 17.7 Å². The van der Waals surface area contributed by atoms with Gasteiger partial charge in [0.15, 0.2) is 17.3 Å². The summed E-state index contributed by atoms with van der Waals surface area (Å²) in [6.07, 6.45) is 1.69. The van der Waals surface area contributed by atoms with Gasteiger partial charge in [0.2, 0.25) is 5.91 Å². The van der Waals surface area contributed by atoms with Gasteiger partial charge >= 0.3 is 0 Å². The highest BCUT2D eigenvalue weighted by Gasteiger charge is 2.31. The highest BCUT2D eigenvalue weighted by Crippen LogP contribution is 2.45. The Balaban J connectivity index is 1.86. The van der Waals surface area contributed by atoms with Crippen molar-refractivity contribution in [3.63, 3.8) is 0 Å². The van der Waals surface area contributed by atoms with Gasteiger partial charge in [-0.1, -0.05) is 12.1 Å². The molecule has 1 amide bonds. The number of hydrogen-bond donors (Lipinski definition) is 2. The number of nitrogens with one attached hydrogen (secondary N) is 1. The number of carbonyl (C=O) groups excluding carboxylic acids is 1. The van der Waals surface area contributed by atoms with E-state index < -0.39 is 0 Å². The maximum absolute atomic E-state index is 12.4. The molecule has 0 spiro atoms. The van der Waals surface area contributed by atoms with Crippen LogP contribution in [0, 0.1) is 6.92 Å². The van der Waals surface area contributed by atoms with E-state index in [-0.39, 0.29) is 16.9 Å². The molecule has 0 saturated heterocycles. The Morgan fingerprint density at radius 1 is 1.36 bits per heavy atom. The van der Waals surface area contributed by atoms with Gasteiger partial charge in [-0.05, 0) is 43.7 Å². The smallest absolute Gasteiger partial charge is 0.235 e. The Morgan fingerprint density at radius 3 is 2.96 bits per heavy atom. The molecule has 2 aromatic heterocycles. The minimum absolute atomic E-state index is 0.0883. The maximum Gasteiger partial charge on any atom is 0.235 e. The van der Waals surface area contributed by atoms with Crippen molar-refractivity contribution in [3.05, 3.63) is 59.4 Å². The molecule has 144 valence electrons. The largest absolute Gasteiger partial charge is 0.504 e. The van der Waals surface area contributed by atoms with E-state index in [4.69, 9.17) is 4.74 Å². The zero-order valence-electron chi connectivity index (χ0n) is 15.5. The molecule has 8 heteroatoms. The molecule has 1 aliphatic heterocycles. The summed E-state index contributed by atoms with van der Waals surface area (Å²) in [5.74, 6) is 2.02. The van der Waals surface area contributed by atoms with E-state index in [0.29, 0.717) is 29.7 Å². The number of thioether (sulfide) groups is 1. The number of pyridine rings is 1. The van der Waals surface area contributed by atoms with Crippen molar-refractivity contribution in [1.82, 2.24) is 14.8 Å². The Hall–Kier alpha value is -3.00. The zero-order chi connectivity index (χ0) is 19.7. The van der Waals surface area contributed by atoms with Crippen LogP contribution in [-0.4, -0.2) is 38.1 Å². The summed E-state index contributed by atoms with van der Waals surface area (Å²) in [4.78, 5) is 16.7. The van der Waals surface area contributed by atoms with E-state index in [1.54, 1.807) is 16.9 Å². The number of ether oxygens (including phenoxy) is 1. The second-order valence-electron chi connectivity index (χ2n) is 6.35. The van der Waals surface area contributed by atoms with Gasteiger partial charge in [-0.25, -0.2) is 4.98 Å². The molecule has 2 N–H and O–H groups in total. The summed E-state index contributed by atoms with van der Waals surface area (Å²) < 4.78 is 7.21. The molecule has 1 aromatic carbocycles. The predicted molar refractivity (Wildman–Crippen MR) is 108 cm³/mol. The van der Waals surface area contributed by atoms with Crippen LogP contribution < -0.4 is 10.1 Å². The number of aromatic nitrogens is 3. The fraction of sp³-hybridized carbons (Fsp3) is 0.250. The van der Waals surface area contributed by atoms with Gasteiger partial charge in [-0.2, -0.15) is 9.78 Å². The van der Waals surface area contributed by atoms with E-state index in [9.17, 15) is 9.90 Å². The molecule has 7 nitrogen and oxygen atoms in total. The first-order valence-corrected chi connectivity index (χ1v) is 10.0. The van der Waals surface area contributed by atoms with Crippen LogP contribution in [-0.2, 0) is 4.79 Å². The van der Waals surface area contributed by atoms with Crippen LogP contribution in [0.1, 0.15) is 29.0 Å². The third kappa shape index (κ3) is 3.31. The first-order valence-electron chi connectivity index (χ1n) is 8.96. The van der Waals surface area contributed by atoms with Gasteiger partial charge in [-0.3, -0.25) is 4.79 Å². The summed E-state index contributed by atoms with van der Waals surface area (Å²) in [5.41, 5.74) is 2.67. The van der Waals surface area contributed by atoms with E-state index >= 15 is 0 Å². The van der Waals surface area contributed by atoms with Crippen molar-refractivity contribution >= 4 is 23.5 Å². The van der Waals surface area contributed by atoms with E-state index in [0.717, 1.165) is 16.8 Å². The predicted octanol–water partition coefficient (Wildman–Crippen LogP) is 3.45. The number of rotatable bonds is 4. The van der Waals surface area contributed by atoms with Crippen molar-refractivity contribution in [3.8, 4) is 17.3 Å². The van der Waals surface area contributed by atoms with Gasteiger partial charge in [0.05, 0.1) is 23.3 Å². The van der Waals surface area contributed by atoms with E-state index in [1.165, 1.54) is 11.8 Å². The van der Waals surface area contributed by atoms with Gasteiger partial charge in [0, 0.05) is 11.8 Å². The number of fused-ring (bicyclic) bond motifs is 1. The molecule has 1 atom stereocenters. The number of phenols is 1. The molecule has 28 heavy (non-hydrogen) atoms. The molecule has 4 rings (SSSR count). The number of aromatic hydroxyl groups is 1. The Morgan fingerprint density at radius 2 is 2.21 bits per heavy atom. The third-order valence-electron chi connectivity index (χ3n) is 4.46. The SMILES string of the molecule is CCOc1cc([C@@H]2SCC(=O)Nc3c2c(C)nn3-c2ccccn2)ccc1O. The fourth-order valence-corrected chi connectivity index (χ4v) is 4.43. The number of nitrogens with zero attached hydrogens (tertiary/aromatic N) is 3. The Kier molecular flexibility index (Phi) is 4.95. The second-order valence-corrected chi connectivity index (χ2v) is 7.44. The summed E-state index contributed by atoms with van der Waals surface area (Å²) in [6, 6.07) is 10.9. The van der Waals surface area contributed by atoms with Crippen LogP contribution in [0.2, 0.25) is 0 Å². The first kappa shape index (κ1) is 18.4. The molecular weight excluding hydrogens is 376 g/mol. The maximum atomic E-state index is 12.4. The average molecular weight is 396 g/mol. The van der Waals surface area contributed by atoms with Gasteiger partial charge < -0.3 is 15.2 Å². The third-order valence-corrected chi connectivity index (χ3v) is 5.73. The summed E-state index contributed by atoms with van der Waals surface area (Å²) in [6.45, 7) is 4.25. The van der Waals surface area contributed by atoms with Crippen LogP contribution in [0.4, 0.5) is 5.82 Å². The molecule has 3 heterocycles. The molecule has 0 radical (unpaired) electrons. The highest BCUT2D eigenvalue weighted by atomic mass is 32.2. The van der Waals surface area contributed by atoms with E-state index in [2.05, 4.69) is 15.4 Å². The number of carbonyl (C=O) groups is 1. The van der Waals surface area contributed by atoms with E-state index in [1.807, 2.05) is 44.2 Å². The normalized spacial score (nSPS) is 16.2. The Bertz CT molecular complexity index is 1020. The number of benzene rings is 1. The monoisotopic (exact) mass is 396 g/mol.